The van der Waals surface area contributed by atoms with E-state index in [4.69, 9.17) is 10.5 Å². The monoisotopic (exact) mass is 186 g/mol. The first-order valence-electron chi connectivity index (χ1n) is 4.78. The van der Waals surface area contributed by atoms with Crippen LogP contribution in [0.3, 0.4) is 0 Å². The average Bonchev–Trinajstić information content (AvgIpc) is 2.62. The molecule has 4 heteroatoms. The summed E-state index contributed by atoms with van der Waals surface area (Å²) >= 11 is 0. The van der Waals surface area contributed by atoms with Crippen molar-refractivity contribution in [3.8, 4) is 0 Å². The minimum Gasteiger partial charge on any atom is -0.469 e. The summed E-state index contributed by atoms with van der Waals surface area (Å²) in [6, 6.07) is 0. The predicted molar refractivity (Wildman–Crippen MR) is 50.2 cm³/mol. The van der Waals surface area contributed by atoms with Gasteiger partial charge in [0.15, 0.2) is 0 Å². The molecule has 0 amide bonds. The first-order valence-corrected chi connectivity index (χ1v) is 4.78. The van der Waals surface area contributed by atoms with Gasteiger partial charge in [0.25, 0.3) is 0 Å². The van der Waals surface area contributed by atoms with Gasteiger partial charge in [-0.25, -0.2) is 0 Å². The van der Waals surface area contributed by atoms with Crippen LogP contribution in [0.2, 0.25) is 0 Å². The third-order valence-electron chi connectivity index (χ3n) is 2.49. The molecule has 13 heavy (non-hydrogen) atoms. The van der Waals surface area contributed by atoms with Crippen molar-refractivity contribution in [1.82, 2.24) is 4.90 Å². The first-order chi connectivity index (χ1) is 6.27. The van der Waals surface area contributed by atoms with Crippen molar-refractivity contribution < 1.29 is 9.53 Å². The summed E-state index contributed by atoms with van der Waals surface area (Å²) in [6.45, 7) is 3.57. The number of carbonyl (C=O) groups is 1. The molecular formula is C9H18N2O2. The molecule has 1 heterocycles. The second-order valence-electron chi connectivity index (χ2n) is 3.45. The summed E-state index contributed by atoms with van der Waals surface area (Å²) in [5.41, 5.74) is 5.41. The first kappa shape index (κ1) is 10.5. The smallest absolute Gasteiger partial charge is 0.310 e. The molecule has 1 fully saturated rings. The SMILES string of the molecule is COC(=O)C1CCN(CCCN)C1. The van der Waals surface area contributed by atoms with Crippen molar-refractivity contribution >= 4 is 5.97 Å². The van der Waals surface area contributed by atoms with E-state index < -0.39 is 0 Å². The molecule has 0 bridgehead atoms. The fourth-order valence-corrected chi connectivity index (χ4v) is 1.71. The Morgan fingerprint density at radius 3 is 3.08 bits per heavy atom. The highest BCUT2D eigenvalue weighted by Gasteiger charge is 2.28. The fourth-order valence-electron chi connectivity index (χ4n) is 1.71. The van der Waals surface area contributed by atoms with E-state index in [1.165, 1.54) is 7.11 Å². The summed E-state index contributed by atoms with van der Waals surface area (Å²) < 4.78 is 4.70. The van der Waals surface area contributed by atoms with Crippen LogP contribution < -0.4 is 5.73 Å². The van der Waals surface area contributed by atoms with Gasteiger partial charge in [0.2, 0.25) is 0 Å². The van der Waals surface area contributed by atoms with Crippen molar-refractivity contribution in [2.75, 3.05) is 33.3 Å². The normalized spacial score (nSPS) is 23.4. The Labute approximate surface area is 79.0 Å². The molecule has 1 saturated heterocycles. The molecule has 1 rings (SSSR count). The lowest BCUT2D eigenvalue weighted by molar-refractivity contribution is -0.144. The van der Waals surface area contributed by atoms with Crippen molar-refractivity contribution in [1.29, 1.82) is 0 Å². The Morgan fingerprint density at radius 1 is 1.69 bits per heavy atom. The zero-order chi connectivity index (χ0) is 9.68. The van der Waals surface area contributed by atoms with Crippen LogP contribution in [0, 0.1) is 5.92 Å². The summed E-state index contributed by atoms with van der Waals surface area (Å²) in [4.78, 5) is 13.4. The highest BCUT2D eigenvalue weighted by molar-refractivity contribution is 5.72. The molecule has 0 aromatic rings. The number of methoxy groups -OCH3 is 1. The molecule has 4 nitrogen and oxygen atoms in total. The van der Waals surface area contributed by atoms with E-state index in [9.17, 15) is 4.79 Å². The summed E-state index contributed by atoms with van der Waals surface area (Å²) in [7, 11) is 1.45. The lowest BCUT2D eigenvalue weighted by Crippen LogP contribution is -2.26. The zero-order valence-electron chi connectivity index (χ0n) is 8.16. The number of hydrogen-bond donors (Lipinski definition) is 1. The van der Waals surface area contributed by atoms with Gasteiger partial charge >= 0.3 is 5.97 Å². The quantitative estimate of drug-likeness (QED) is 0.619. The molecule has 1 aliphatic heterocycles. The van der Waals surface area contributed by atoms with Gasteiger partial charge in [-0.15, -0.1) is 0 Å². The lowest BCUT2D eigenvalue weighted by atomic mass is 10.1. The van der Waals surface area contributed by atoms with Crippen LogP contribution in [0.4, 0.5) is 0 Å². The van der Waals surface area contributed by atoms with E-state index in [0.29, 0.717) is 0 Å². The van der Waals surface area contributed by atoms with E-state index in [1.54, 1.807) is 0 Å². The second kappa shape index (κ2) is 5.19. The van der Waals surface area contributed by atoms with Gasteiger partial charge < -0.3 is 15.4 Å². The Hall–Kier alpha value is -0.610. The van der Waals surface area contributed by atoms with Crippen LogP contribution in [0.25, 0.3) is 0 Å². The number of esters is 1. The third-order valence-corrected chi connectivity index (χ3v) is 2.49. The predicted octanol–water partition coefficient (Wildman–Crippen LogP) is -0.170. The maximum atomic E-state index is 11.2. The Balaban J connectivity index is 2.23. The van der Waals surface area contributed by atoms with Gasteiger partial charge in [0, 0.05) is 6.54 Å². The van der Waals surface area contributed by atoms with Crippen LogP contribution in [0.15, 0.2) is 0 Å². The van der Waals surface area contributed by atoms with Gasteiger partial charge in [0.1, 0.15) is 0 Å². The zero-order valence-corrected chi connectivity index (χ0v) is 8.16. The molecule has 1 aliphatic rings. The van der Waals surface area contributed by atoms with E-state index >= 15 is 0 Å². The van der Waals surface area contributed by atoms with Gasteiger partial charge in [-0.2, -0.15) is 0 Å². The van der Waals surface area contributed by atoms with Crippen LogP contribution in [-0.4, -0.2) is 44.2 Å². The fraction of sp³-hybridized carbons (Fsp3) is 0.889. The lowest BCUT2D eigenvalue weighted by Gasteiger charge is -2.14. The van der Waals surface area contributed by atoms with Crippen LogP contribution in [-0.2, 0) is 9.53 Å². The Morgan fingerprint density at radius 2 is 2.46 bits per heavy atom. The van der Waals surface area contributed by atoms with Crippen molar-refractivity contribution in [2.24, 2.45) is 11.7 Å². The Kier molecular flexibility index (Phi) is 4.18. The molecule has 0 spiro atoms. The highest BCUT2D eigenvalue weighted by Crippen LogP contribution is 2.17. The molecule has 0 aliphatic carbocycles. The molecule has 0 aromatic carbocycles. The number of nitrogens with zero attached hydrogens (tertiary/aromatic N) is 1. The summed E-state index contributed by atoms with van der Waals surface area (Å²) in [5.74, 6) is 0.0121. The molecule has 1 unspecified atom stereocenters. The van der Waals surface area contributed by atoms with Crippen molar-refractivity contribution in [3.05, 3.63) is 0 Å². The van der Waals surface area contributed by atoms with Gasteiger partial charge in [-0.3, -0.25) is 4.79 Å². The number of likely N-dealkylation sites (tertiary alicyclic amines) is 1. The maximum absolute atomic E-state index is 11.2. The number of carbonyl (C=O) groups excluding carboxylic acids is 1. The average molecular weight is 186 g/mol. The summed E-state index contributed by atoms with van der Waals surface area (Å²) in [5, 5.41) is 0. The Bertz CT molecular complexity index is 173. The van der Waals surface area contributed by atoms with Crippen LogP contribution in [0.1, 0.15) is 12.8 Å². The molecule has 0 saturated carbocycles. The van der Waals surface area contributed by atoms with E-state index in [0.717, 1.165) is 39.0 Å². The summed E-state index contributed by atoms with van der Waals surface area (Å²) in [6.07, 6.45) is 1.94. The van der Waals surface area contributed by atoms with E-state index in [-0.39, 0.29) is 11.9 Å². The van der Waals surface area contributed by atoms with Crippen LogP contribution in [0.5, 0.6) is 0 Å². The molecule has 0 aromatic heterocycles. The van der Waals surface area contributed by atoms with Crippen molar-refractivity contribution in [3.63, 3.8) is 0 Å². The van der Waals surface area contributed by atoms with E-state index in [2.05, 4.69) is 4.90 Å². The number of rotatable bonds is 4. The number of hydrogen-bond acceptors (Lipinski definition) is 4. The highest BCUT2D eigenvalue weighted by atomic mass is 16.5. The topological polar surface area (TPSA) is 55.6 Å². The molecule has 0 radical (unpaired) electrons. The standard InChI is InChI=1S/C9H18N2O2/c1-13-9(12)8-3-6-11(7-8)5-2-4-10/h8H,2-7,10H2,1H3. The van der Waals surface area contributed by atoms with Gasteiger partial charge in [0.05, 0.1) is 13.0 Å². The second-order valence-corrected chi connectivity index (χ2v) is 3.45. The molecular weight excluding hydrogens is 168 g/mol. The minimum atomic E-state index is -0.0738. The molecule has 1 atom stereocenters. The van der Waals surface area contributed by atoms with Gasteiger partial charge in [-0.1, -0.05) is 0 Å². The largest absolute Gasteiger partial charge is 0.469 e. The van der Waals surface area contributed by atoms with Crippen LogP contribution >= 0.6 is 0 Å². The maximum Gasteiger partial charge on any atom is 0.310 e. The van der Waals surface area contributed by atoms with Crippen molar-refractivity contribution in [2.45, 2.75) is 12.8 Å². The number of nitrogens with two attached hydrogens (primary N) is 1. The number of ether oxygens (including phenoxy) is 1. The van der Waals surface area contributed by atoms with Gasteiger partial charge in [-0.05, 0) is 32.5 Å². The van der Waals surface area contributed by atoms with E-state index in [1.807, 2.05) is 0 Å². The molecule has 2 N–H and O–H groups in total. The minimum absolute atomic E-state index is 0.0738. The third kappa shape index (κ3) is 2.97. The molecule has 76 valence electrons.